The van der Waals surface area contributed by atoms with Gasteiger partial charge in [0.2, 0.25) is 0 Å². The highest BCUT2D eigenvalue weighted by Crippen LogP contribution is 2.30. The number of anilines is 1. The van der Waals surface area contributed by atoms with Gasteiger partial charge in [-0.15, -0.1) is 0 Å². The van der Waals surface area contributed by atoms with Crippen molar-refractivity contribution < 1.29 is 22.5 Å². The highest BCUT2D eigenvalue weighted by molar-refractivity contribution is 7.90. The van der Waals surface area contributed by atoms with Crippen molar-refractivity contribution in [2.75, 3.05) is 31.1 Å². The van der Waals surface area contributed by atoms with E-state index >= 15 is 0 Å². The number of amides is 1. The van der Waals surface area contributed by atoms with Crippen molar-refractivity contribution in [1.29, 1.82) is 0 Å². The van der Waals surface area contributed by atoms with E-state index in [-0.39, 0.29) is 11.1 Å². The summed E-state index contributed by atoms with van der Waals surface area (Å²) < 4.78 is 39.8. The number of nitro benzene ring substituents is 1. The van der Waals surface area contributed by atoms with Gasteiger partial charge in [-0.2, -0.15) is 0 Å². The van der Waals surface area contributed by atoms with Crippen LogP contribution in [0.3, 0.4) is 0 Å². The minimum absolute atomic E-state index is 0.0340. The number of nitrogens with zero attached hydrogens (tertiary/aromatic N) is 3. The Hall–Kier alpha value is -3.79. The molecule has 0 radical (unpaired) electrons. The standard InChI is InChI=1S/C26H26FN3O5S/c1-18-6-5-9-23(19(18)2)28-12-14-29(15-13-28)26(31)20-10-11-25(24(16-20)30(32)33)36(34,35)17-21-7-3-4-8-22(21)27/h3-11,16H,12-15,17H2,1-2H3. The highest BCUT2D eigenvalue weighted by Gasteiger charge is 2.30. The van der Waals surface area contributed by atoms with Crippen LogP contribution in [0.15, 0.2) is 65.6 Å². The second-order valence-corrected chi connectivity index (χ2v) is 10.7. The molecule has 10 heteroatoms. The summed E-state index contributed by atoms with van der Waals surface area (Å²) in [6.07, 6.45) is 0. The Kier molecular flexibility index (Phi) is 7.07. The first-order valence-electron chi connectivity index (χ1n) is 11.4. The molecule has 0 aliphatic carbocycles. The molecule has 4 rings (SSSR count). The molecular weight excluding hydrogens is 485 g/mol. The van der Waals surface area contributed by atoms with Gasteiger partial charge in [-0.3, -0.25) is 14.9 Å². The number of hydrogen-bond donors (Lipinski definition) is 0. The number of hydrogen-bond acceptors (Lipinski definition) is 6. The summed E-state index contributed by atoms with van der Waals surface area (Å²) in [6, 6.07) is 14.8. The Morgan fingerprint density at radius 2 is 1.69 bits per heavy atom. The fourth-order valence-electron chi connectivity index (χ4n) is 4.37. The first-order chi connectivity index (χ1) is 17.1. The highest BCUT2D eigenvalue weighted by atomic mass is 32.2. The lowest BCUT2D eigenvalue weighted by molar-refractivity contribution is -0.387. The maximum Gasteiger partial charge on any atom is 0.288 e. The van der Waals surface area contributed by atoms with Crippen molar-refractivity contribution in [3.8, 4) is 0 Å². The average molecular weight is 512 g/mol. The van der Waals surface area contributed by atoms with Gasteiger partial charge in [-0.05, 0) is 49.2 Å². The van der Waals surface area contributed by atoms with E-state index in [1.807, 2.05) is 25.1 Å². The van der Waals surface area contributed by atoms with E-state index < -0.39 is 42.8 Å². The summed E-state index contributed by atoms with van der Waals surface area (Å²) in [5.74, 6) is -1.85. The Labute approximate surface area is 209 Å². The first kappa shape index (κ1) is 25.3. The van der Waals surface area contributed by atoms with E-state index in [1.165, 1.54) is 35.4 Å². The van der Waals surface area contributed by atoms with E-state index in [9.17, 15) is 27.7 Å². The van der Waals surface area contributed by atoms with E-state index in [1.54, 1.807) is 4.90 Å². The largest absolute Gasteiger partial charge is 0.368 e. The Balaban J connectivity index is 1.54. The van der Waals surface area contributed by atoms with Crippen LogP contribution in [0.2, 0.25) is 0 Å². The predicted molar refractivity (Wildman–Crippen MR) is 134 cm³/mol. The number of sulfone groups is 1. The van der Waals surface area contributed by atoms with Crippen LogP contribution in [0.1, 0.15) is 27.0 Å². The van der Waals surface area contributed by atoms with Gasteiger partial charge >= 0.3 is 0 Å². The molecule has 0 saturated carbocycles. The van der Waals surface area contributed by atoms with Gasteiger partial charge in [-0.25, -0.2) is 12.8 Å². The maximum atomic E-state index is 14.0. The fraction of sp³-hybridized carbons (Fsp3) is 0.269. The SMILES string of the molecule is Cc1cccc(N2CCN(C(=O)c3ccc(S(=O)(=O)Cc4ccccc4F)c([N+](=O)[O-])c3)CC2)c1C. The molecule has 188 valence electrons. The van der Waals surface area contributed by atoms with Crippen LogP contribution in [0.4, 0.5) is 15.8 Å². The number of rotatable bonds is 6. The van der Waals surface area contributed by atoms with Crippen LogP contribution >= 0.6 is 0 Å². The fourth-order valence-corrected chi connectivity index (χ4v) is 5.89. The number of nitro groups is 1. The molecule has 0 unspecified atom stereocenters. The number of carbonyl (C=O) groups excluding carboxylic acids is 1. The number of benzene rings is 3. The zero-order valence-corrected chi connectivity index (χ0v) is 20.8. The molecule has 0 N–H and O–H groups in total. The number of piperazine rings is 1. The molecule has 0 bridgehead atoms. The summed E-state index contributed by atoms with van der Waals surface area (Å²) in [5, 5.41) is 11.7. The van der Waals surface area contributed by atoms with Crippen molar-refractivity contribution >= 4 is 27.1 Å². The molecule has 1 aliphatic rings. The molecule has 1 amide bonds. The molecule has 3 aromatic carbocycles. The van der Waals surface area contributed by atoms with Crippen LogP contribution in [-0.2, 0) is 15.6 Å². The first-order valence-corrected chi connectivity index (χ1v) is 13.1. The third-order valence-corrected chi connectivity index (χ3v) is 8.23. The molecule has 1 fully saturated rings. The van der Waals surface area contributed by atoms with Crippen LogP contribution in [-0.4, -0.2) is 50.3 Å². The molecule has 0 spiro atoms. The minimum Gasteiger partial charge on any atom is -0.368 e. The van der Waals surface area contributed by atoms with Crippen LogP contribution < -0.4 is 4.90 Å². The van der Waals surface area contributed by atoms with Gasteiger partial charge in [-0.1, -0.05) is 30.3 Å². The van der Waals surface area contributed by atoms with E-state index in [0.717, 1.165) is 23.9 Å². The van der Waals surface area contributed by atoms with Gasteiger partial charge in [0.1, 0.15) is 10.7 Å². The summed E-state index contributed by atoms with van der Waals surface area (Å²) in [4.78, 5) is 27.3. The van der Waals surface area contributed by atoms with Gasteiger partial charge in [0.05, 0.1) is 10.7 Å². The molecule has 36 heavy (non-hydrogen) atoms. The average Bonchev–Trinajstić information content (AvgIpc) is 2.86. The van der Waals surface area contributed by atoms with E-state index in [4.69, 9.17) is 0 Å². The molecule has 0 atom stereocenters. The van der Waals surface area contributed by atoms with Crippen molar-refractivity contribution in [1.82, 2.24) is 4.90 Å². The lowest BCUT2D eigenvalue weighted by Crippen LogP contribution is -2.49. The molecule has 1 saturated heterocycles. The van der Waals surface area contributed by atoms with Gasteiger partial charge in [0.15, 0.2) is 9.84 Å². The number of carbonyl (C=O) groups is 1. The van der Waals surface area contributed by atoms with E-state index in [0.29, 0.717) is 26.2 Å². The molecule has 8 nitrogen and oxygen atoms in total. The van der Waals surface area contributed by atoms with Crippen molar-refractivity contribution in [2.24, 2.45) is 0 Å². The second kappa shape index (κ2) is 10.1. The lowest BCUT2D eigenvalue weighted by atomic mass is 10.1. The van der Waals surface area contributed by atoms with Crippen LogP contribution in [0.5, 0.6) is 0 Å². The lowest BCUT2D eigenvalue weighted by Gasteiger charge is -2.37. The smallest absolute Gasteiger partial charge is 0.288 e. The zero-order valence-electron chi connectivity index (χ0n) is 20.0. The molecule has 1 heterocycles. The van der Waals surface area contributed by atoms with Crippen LogP contribution in [0, 0.1) is 29.8 Å². The second-order valence-electron chi connectivity index (χ2n) is 8.79. The van der Waals surface area contributed by atoms with Gasteiger partial charge in [0.25, 0.3) is 11.6 Å². The van der Waals surface area contributed by atoms with Crippen LogP contribution in [0.25, 0.3) is 0 Å². The quantitative estimate of drug-likeness (QED) is 0.362. The third kappa shape index (κ3) is 5.08. The van der Waals surface area contributed by atoms with Crippen molar-refractivity contribution in [3.63, 3.8) is 0 Å². The third-order valence-electron chi connectivity index (χ3n) is 6.52. The van der Waals surface area contributed by atoms with Crippen molar-refractivity contribution in [2.45, 2.75) is 24.5 Å². The van der Waals surface area contributed by atoms with Gasteiger partial charge < -0.3 is 9.80 Å². The Morgan fingerprint density at radius 1 is 1.00 bits per heavy atom. The van der Waals surface area contributed by atoms with Crippen molar-refractivity contribution in [3.05, 3.63) is 98.8 Å². The van der Waals surface area contributed by atoms with Gasteiger partial charge in [0, 0.05) is 49.1 Å². The molecule has 1 aliphatic heterocycles. The molecular formula is C26H26FN3O5S. The minimum atomic E-state index is -4.24. The summed E-state index contributed by atoms with van der Waals surface area (Å²) >= 11 is 0. The summed E-state index contributed by atoms with van der Waals surface area (Å²) in [7, 11) is -4.24. The number of halogens is 1. The Bertz CT molecular complexity index is 1430. The Morgan fingerprint density at radius 3 is 2.36 bits per heavy atom. The summed E-state index contributed by atoms with van der Waals surface area (Å²) in [6.45, 7) is 6.16. The number of aryl methyl sites for hydroxylation is 1. The normalized spacial score (nSPS) is 14.1. The summed E-state index contributed by atoms with van der Waals surface area (Å²) in [5.41, 5.74) is 2.72. The topological polar surface area (TPSA) is 101 Å². The van der Waals surface area contributed by atoms with E-state index in [2.05, 4.69) is 11.8 Å². The monoisotopic (exact) mass is 511 g/mol. The molecule has 3 aromatic rings. The predicted octanol–water partition coefficient (Wildman–Crippen LogP) is 4.29. The maximum absolute atomic E-state index is 14.0. The zero-order chi connectivity index (χ0) is 26.0. The molecule has 0 aromatic heterocycles.